The largest absolute Gasteiger partial charge is 0.463 e. The predicted octanol–water partition coefficient (Wildman–Crippen LogP) is 3.36. The average molecular weight is 241 g/mol. The summed E-state index contributed by atoms with van der Waals surface area (Å²) in [5.74, 6) is -0.203. The van der Waals surface area contributed by atoms with Gasteiger partial charge in [0.15, 0.2) is 0 Å². The summed E-state index contributed by atoms with van der Waals surface area (Å²) in [7, 11) is 0. The van der Waals surface area contributed by atoms with Gasteiger partial charge in [0.05, 0.1) is 6.61 Å². The number of esters is 1. The van der Waals surface area contributed by atoms with Gasteiger partial charge in [-0.25, -0.2) is 4.79 Å². The maximum absolute atomic E-state index is 11.5. The van der Waals surface area contributed by atoms with Gasteiger partial charge in [-0.2, -0.15) is 0 Å². The Morgan fingerprint density at radius 3 is 2.06 bits per heavy atom. The lowest BCUT2D eigenvalue weighted by Crippen LogP contribution is -2.21. The third kappa shape index (κ3) is 7.83. The summed E-state index contributed by atoms with van der Waals surface area (Å²) in [5, 5.41) is 0. The van der Waals surface area contributed by atoms with Gasteiger partial charge < -0.3 is 9.64 Å². The zero-order chi connectivity index (χ0) is 13.1. The molecular formula is C14H27NO2. The number of carbonyl (C=O) groups excluding carboxylic acids is 1. The molecule has 100 valence electrons. The minimum atomic E-state index is -0.203. The number of carbonyl (C=O) groups is 1. The van der Waals surface area contributed by atoms with E-state index in [0.29, 0.717) is 12.2 Å². The Morgan fingerprint density at radius 2 is 1.65 bits per heavy atom. The Balaban J connectivity index is 4.35. The smallest absolute Gasteiger partial charge is 0.335 e. The second kappa shape index (κ2) is 10.2. The van der Waals surface area contributed by atoms with Gasteiger partial charge in [0.2, 0.25) is 0 Å². The van der Waals surface area contributed by atoms with Crippen LogP contribution in [-0.4, -0.2) is 30.6 Å². The van der Waals surface area contributed by atoms with Crippen molar-refractivity contribution in [3.05, 3.63) is 11.8 Å². The van der Waals surface area contributed by atoms with E-state index in [1.807, 2.05) is 20.0 Å². The summed E-state index contributed by atoms with van der Waals surface area (Å²) < 4.78 is 4.98. The van der Waals surface area contributed by atoms with E-state index < -0.39 is 0 Å². The second-order valence-electron chi connectivity index (χ2n) is 4.28. The van der Waals surface area contributed by atoms with Crippen LogP contribution in [0.5, 0.6) is 0 Å². The fraction of sp³-hybridized carbons (Fsp3) is 0.786. The van der Waals surface area contributed by atoms with Crippen LogP contribution in [0.4, 0.5) is 0 Å². The number of nitrogens with zero attached hydrogens (tertiary/aromatic N) is 1. The van der Waals surface area contributed by atoms with Crippen molar-refractivity contribution < 1.29 is 9.53 Å². The van der Waals surface area contributed by atoms with Crippen molar-refractivity contribution in [2.45, 2.75) is 53.4 Å². The van der Waals surface area contributed by atoms with E-state index in [1.54, 1.807) is 0 Å². The van der Waals surface area contributed by atoms with Crippen LogP contribution in [0.3, 0.4) is 0 Å². The van der Waals surface area contributed by atoms with E-state index in [1.165, 1.54) is 12.8 Å². The molecule has 3 heteroatoms. The standard InChI is InChI=1S/C14H27NO2/c1-5-8-10-15(11-9-6-2)12-13(4)14(16)17-7-3/h12H,5-11H2,1-4H3/b13-12+. The van der Waals surface area contributed by atoms with Gasteiger partial charge in [-0.15, -0.1) is 0 Å². The zero-order valence-corrected chi connectivity index (χ0v) is 11.8. The van der Waals surface area contributed by atoms with Crippen molar-refractivity contribution >= 4 is 5.97 Å². The van der Waals surface area contributed by atoms with E-state index in [9.17, 15) is 4.79 Å². The molecule has 0 saturated heterocycles. The van der Waals surface area contributed by atoms with Crippen LogP contribution in [0.25, 0.3) is 0 Å². The third-order valence-electron chi connectivity index (χ3n) is 2.57. The molecule has 0 fully saturated rings. The summed E-state index contributed by atoms with van der Waals surface area (Å²) in [6, 6.07) is 0. The summed E-state index contributed by atoms with van der Waals surface area (Å²) in [4.78, 5) is 13.7. The molecule has 0 amide bonds. The average Bonchev–Trinajstić information content (AvgIpc) is 2.32. The molecule has 0 unspecified atom stereocenters. The molecule has 0 radical (unpaired) electrons. The Bertz CT molecular complexity index is 228. The van der Waals surface area contributed by atoms with Crippen molar-refractivity contribution in [3.63, 3.8) is 0 Å². The minimum Gasteiger partial charge on any atom is -0.463 e. The Kier molecular flexibility index (Phi) is 9.59. The highest BCUT2D eigenvalue weighted by atomic mass is 16.5. The highest BCUT2D eigenvalue weighted by Crippen LogP contribution is 2.05. The lowest BCUT2D eigenvalue weighted by atomic mass is 10.2. The van der Waals surface area contributed by atoms with Crippen molar-refractivity contribution in [2.24, 2.45) is 0 Å². The van der Waals surface area contributed by atoms with Gasteiger partial charge in [0.1, 0.15) is 0 Å². The van der Waals surface area contributed by atoms with Crippen molar-refractivity contribution in [3.8, 4) is 0 Å². The van der Waals surface area contributed by atoms with E-state index in [2.05, 4.69) is 18.7 Å². The monoisotopic (exact) mass is 241 g/mol. The quantitative estimate of drug-likeness (QED) is 0.458. The highest BCUT2D eigenvalue weighted by molar-refractivity contribution is 5.87. The molecule has 17 heavy (non-hydrogen) atoms. The molecule has 0 aliphatic rings. The molecule has 0 aliphatic heterocycles. The van der Waals surface area contributed by atoms with Gasteiger partial charge in [-0.05, 0) is 26.7 Å². The van der Waals surface area contributed by atoms with Crippen molar-refractivity contribution in [1.29, 1.82) is 0 Å². The first-order valence-corrected chi connectivity index (χ1v) is 6.75. The minimum absolute atomic E-state index is 0.203. The summed E-state index contributed by atoms with van der Waals surface area (Å²) in [6.45, 7) is 10.5. The number of ether oxygens (including phenoxy) is 1. The molecule has 0 atom stereocenters. The molecule has 0 bridgehead atoms. The van der Waals surface area contributed by atoms with Crippen LogP contribution >= 0.6 is 0 Å². The number of rotatable bonds is 9. The van der Waals surface area contributed by atoms with Gasteiger partial charge in [0, 0.05) is 24.9 Å². The Hall–Kier alpha value is -0.990. The van der Waals surface area contributed by atoms with Crippen LogP contribution in [0.1, 0.15) is 53.4 Å². The molecule has 0 heterocycles. The lowest BCUT2D eigenvalue weighted by Gasteiger charge is -2.20. The lowest BCUT2D eigenvalue weighted by molar-refractivity contribution is -0.138. The van der Waals surface area contributed by atoms with Gasteiger partial charge in [-0.3, -0.25) is 0 Å². The molecule has 3 nitrogen and oxygen atoms in total. The zero-order valence-electron chi connectivity index (χ0n) is 11.8. The van der Waals surface area contributed by atoms with Crippen LogP contribution in [0.15, 0.2) is 11.8 Å². The number of hydrogen-bond donors (Lipinski definition) is 0. The van der Waals surface area contributed by atoms with E-state index in [0.717, 1.165) is 25.9 Å². The van der Waals surface area contributed by atoms with E-state index in [-0.39, 0.29) is 5.97 Å². The highest BCUT2D eigenvalue weighted by Gasteiger charge is 2.07. The fourth-order valence-corrected chi connectivity index (χ4v) is 1.53. The second-order valence-corrected chi connectivity index (χ2v) is 4.28. The predicted molar refractivity (Wildman–Crippen MR) is 71.8 cm³/mol. The summed E-state index contributed by atoms with van der Waals surface area (Å²) >= 11 is 0. The summed E-state index contributed by atoms with van der Waals surface area (Å²) in [5.41, 5.74) is 0.694. The first-order valence-electron chi connectivity index (χ1n) is 6.75. The maximum atomic E-state index is 11.5. The van der Waals surface area contributed by atoms with Crippen molar-refractivity contribution in [1.82, 2.24) is 4.90 Å². The topological polar surface area (TPSA) is 29.5 Å². The molecule has 0 aromatic carbocycles. The fourth-order valence-electron chi connectivity index (χ4n) is 1.53. The van der Waals surface area contributed by atoms with E-state index in [4.69, 9.17) is 4.74 Å². The first-order chi connectivity index (χ1) is 8.15. The number of unbranched alkanes of at least 4 members (excludes halogenated alkanes) is 2. The van der Waals surface area contributed by atoms with Crippen LogP contribution in [0.2, 0.25) is 0 Å². The molecule has 0 saturated carbocycles. The van der Waals surface area contributed by atoms with Gasteiger partial charge in [-0.1, -0.05) is 26.7 Å². The molecule has 0 spiro atoms. The van der Waals surface area contributed by atoms with Gasteiger partial charge >= 0.3 is 5.97 Å². The van der Waals surface area contributed by atoms with Crippen molar-refractivity contribution in [2.75, 3.05) is 19.7 Å². The molecule has 0 N–H and O–H groups in total. The van der Waals surface area contributed by atoms with Crippen LogP contribution in [0, 0.1) is 0 Å². The Morgan fingerprint density at radius 1 is 1.12 bits per heavy atom. The molecule has 0 aromatic rings. The molecule has 0 rings (SSSR count). The molecule has 0 aromatic heterocycles. The summed E-state index contributed by atoms with van der Waals surface area (Å²) in [6.07, 6.45) is 6.62. The SMILES string of the molecule is CCCCN(/C=C(\C)C(=O)OCC)CCCC. The van der Waals surface area contributed by atoms with Gasteiger partial charge in [0.25, 0.3) is 0 Å². The first kappa shape index (κ1) is 16.0. The normalized spacial score (nSPS) is 11.4. The van der Waals surface area contributed by atoms with Crippen LogP contribution < -0.4 is 0 Å². The third-order valence-corrected chi connectivity index (χ3v) is 2.57. The van der Waals surface area contributed by atoms with Crippen LogP contribution in [-0.2, 0) is 9.53 Å². The molecular weight excluding hydrogens is 214 g/mol. The number of hydrogen-bond acceptors (Lipinski definition) is 3. The van der Waals surface area contributed by atoms with E-state index >= 15 is 0 Å². The maximum Gasteiger partial charge on any atom is 0.335 e. The Labute approximate surface area is 106 Å². The molecule has 0 aliphatic carbocycles.